The molecule has 0 aliphatic heterocycles. The molecule has 0 fully saturated rings. The summed E-state index contributed by atoms with van der Waals surface area (Å²) in [7, 11) is 0. The Hall–Kier alpha value is -4.76. The van der Waals surface area contributed by atoms with E-state index in [1.165, 1.54) is 0 Å². The zero-order valence-electron chi connectivity index (χ0n) is 33.5. The van der Waals surface area contributed by atoms with E-state index in [2.05, 4.69) is 59.8 Å². The van der Waals surface area contributed by atoms with E-state index in [1.54, 1.807) is 20.6 Å². The third-order valence-electron chi connectivity index (χ3n) is 10.9. The van der Waals surface area contributed by atoms with E-state index in [0.717, 1.165) is 54.8 Å². The quantitative estimate of drug-likeness (QED) is 0.0760. The summed E-state index contributed by atoms with van der Waals surface area (Å²) in [6, 6.07) is 40.2. The maximum atomic E-state index is 12.5. The van der Waals surface area contributed by atoms with Crippen molar-refractivity contribution in [2.75, 3.05) is 0 Å². The van der Waals surface area contributed by atoms with Crippen molar-refractivity contribution in [2.45, 2.75) is 0 Å². The van der Waals surface area contributed by atoms with E-state index in [9.17, 15) is 10.2 Å². The largest absolute Gasteiger partial charge is 2.00 e. The second-order valence-corrected chi connectivity index (χ2v) is 17.5. The van der Waals surface area contributed by atoms with Gasteiger partial charge in [0.25, 0.3) is 0 Å². The number of benzene rings is 6. The van der Waals surface area contributed by atoms with Gasteiger partial charge in [-0.25, -0.2) is 11.8 Å². The van der Waals surface area contributed by atoms with E-state index >= 15 is 0 Å². The summed E-state index contributed by atoms with van der Waals surface area (Å²) in [5, 5.41) is 30.2. The SMILES string of the molecule is C=[n+]1c(=Cc2[n-]c([O-])c3c(Cl)c(Cl)c(Cl)c(Cl)c23)ccc2c(-c3ccccc3)cccc21.C=[n+]1c(=Cc2[n-]c([O-])c3c(Cl)c(Cl)c(Cl)c(Cl)c23)ccc2c(-c3ccccc3)cccc21.[Zn+2]. The molecule has 0 N–H and O–H groups in total. The van der Waals surface area contributed by atoms with Crippen LogP contribution in [0.5, 0.6) is 11.8 Å². The van der Waals surface area contributed by atoms with Crippen molar-refractivity contribution >= 4 is 148 Å². The molecule has 0 radical (unpaired) electrons. The minimum Gasteiger partial charge on any atom is -0.889 e. The molecule has 0 spiro atoms. The Morgan fingerprint density at radius 2 is 0.738 bits per heavy atom. The molecule has 15 heteroatoms. The van der Waals surface area contributed by atoms with Crippen molar-refractivity contribution in [1.29, 1.82) is 0 Å². The first-order valence-corrected chi connectivity index (χ1v) is 22.2. The van der Waals surface area contributed by atoms with Crippen LogP contribution in [0.2, 0.25) is 40.2 Å². The first kappa shape index (κ1) is 46.8. The molecule has 4 aromatic heterocycles. The van der Waals surface area contributed by atoms with Crippen molar-refractivity contribution in [2.24, 2.45) is 0 Å². The fraction of sp³-hybridized carbons (Fsp3) is 0. The number of pyridine rings is 2. The number of fused-ring (bicyclic) bond motifs is 4. The van der Waals surface area contributed by atoms with E-state index in [1.807, 2.05) is 84.9 Å². The van der Waals surface area contributed by atoms with Gasteiger partial charge in [-0.2, -0.15) is 8.49 Å². The van der Waals surface area contributed by atoms with Crippen LogP contribution in [-0.4, -0.2) is 0 Å². The van der Waals surface area contributed by atoms with Crippen LogP contribution in [0.1, 0.15) is 11.4 Å². The van der Waals surface area contributed by atoms with Crippen LogP contribution in [0.25, 0.3) is 77.8 Å². The molecule has 6 aromatic carbocycles. The molecule has 6 nitrogen and oxygen atoms in total. The van der Waals surface area contributed by atoms with Crippen LogP contribution in [0.4, 0.5) is 0 Å². The smallest absolute Gasteiger partial charge is 0.889 e. The minimum atomic E-state index is -0.514. The van der Waals surface area contributed by atoms with Gasteiger partial charge in [0.15, 0.2) is 0 Å². The van der Waals surface area contributed by atoms with Crippen LogP contribution in [0, 0.1) is 13.4 Å². The summed E-state index contributed by atoms with van der Waals surface area (Å²) in [5.41, 5.74) is 6.97. The van der Waals surface area contributed by atoms with Gasteiger partial charge in [0.05, 0.1) is 51.0 Å². The molecule has 0 unspecified atom stereocenters. The average molecular weight is 1060 g/mol. The van der Waals surface area contributed by atoms with Gasteiger partial charge in [-0.05, 0) is 68.1 Å². The molecule has 10 aromatic rings. The number of nitrogens with zero attached hydrogens (tertiary/aromatic N) is 4. The monoisotopic (exact) mass is 1060 g/mol. The van der Waals surface area contributed by atoms with Crippen LogP contribution in [-0.2, 0) is 19.5 Å². The molecular formula is C50H26Cl8N4O2Zn. The standard InChI is InChI=1S/2C25H14Cl4N2O.Zn/c2*1-31-14(10-11-16-15(8-5-9-18(16)31)13-6-3-2-4-7-13)12-17-19-20(25(32)30-17)22(27)24(29)23(28)21(19)26;/h2*2-12,32H,1H2;/q;;+2/p-2. The maximum Gasteiger partial charge on any atom is 2.00 e. The van der Waals surface area contributed by atoms with Crippen molar-refractivity contribution in [3.05, 3.63) is 197 Å². The topological polar surface area (TPSA) is 86.1 Å². The van der Waals surface area contributed by atoms with Gasteiger partial charge >= 0.3 is 19.5 Å². The van der Waals surface area contributed by atoms with Gasteiger partial charge in [0.2, 0.25) is 21.7 Å². The molecule has 65 heavy (non-hydrogen) atoms. The van der Waals surface area contributed by atoms with Gasteiger partial charge < -0.3 is 20.2 Å². The molecular weight excluding hydrogens is 1040 g/mol. The molecule has 0 saturated carbocycles. The first-order chi connectivity index (χ1) is 30.8. The van der Waals surface area contributed by atoms with E-state index in [0.29, 0.717) is 22.2 Å². The zero-order chi connectivity index (χ0) is 45.1. The van der Waals surface area contributed by atoms with Gasteiger partial charge in [0, 0.05) is 24.3 Å². The molecule has 0 aliphatic carbocycles. The molecule has 316 valence electrons. The molecule has 4 heterocycles. The van der Waals surface area contributed by atoms with Gasteiger partial charge in [-0.3, -0.25) is 0 Å². The van der Waals surface area contributed by atoms with E-state index in [-0.39, 0.29) is 70.4 Å². The summed E-state index contributed by atoms with van der Waals surface area (Å²) >= 11 is 50.0. The van der Waals surface area contributed by atoms with Crippen molar-refractivity contribution in [3.63, 3.8) is 0 Å². The third-order valence-corrected chi connectivity index (χ3v) is 14.5. The second-order valence-electron chi connectivity index (χ2n) is 14.5. The predicted octanol–water partition coefficient (Wildman–Crippen LogP) is 12.1. The molecule has 0 aliphatic rings. The Morgan fingerprint density at radius 3 is 1.09 bits per heavy atom. The van der Waals surface area contributed by atoms with Crippen molar-refractivity contribution < 1.29 is 38.2 Å². The Labute approximate surface area is 423 Å². The van der Waals surface area contributed by atoms with Crippen LogP contribution >= 0.6 is 92.8 Å². The number of aromatic nitrogens is 4. The Bertz CT molecular complexity index is 3540. The zero-order valence-corrected chi connectivity index (χ0v) is 42.5. The number of rotatable bonds is 4. The van der Waals surface area contributed by atoms with Crippen LogP contribution < -0.4 is 39.4 Å². The normalized spacial score (nSPS) is 12.0. The predicted molar refractivity (Wildman–Crippen MR) is 261 cm³/mol. The first-order valence-electron chi connectivity index (χ1n) is 19.1. The number of hydrogen-bond donors (Lipinski definition) is 0. The van der Waals surface area contributed by atoms with Crippen molar-refractivity contribution in [1.82, 2.24) is 9.97 Å². The van der Waals surface area contributed by atoms with Gasteiger partial charge in [-0.1, -0.05) is 178 Å². The number of halogens is 8. The van der Waals surface area contributed by atoms with E-state index < -0.39 is 11.8 Å². The van der Waals surface area contributed by atoms with E-state index in [4.69, 9.17) is 92.8 Å². The Balaban J connectivity index is 0.000000175. The fourth-order valence-electron chi connectivity index (χ4n) is 7.79. The molecule has 0 amide bonds. The Morgan fingerprint density at radius 1 is 0.400 bits per heavy atom. The Kier molecular flexibility index (Phi) is 13.6. The summed E-state index contributed by atoms with van der Waals surface area (Å²) in [5.74, 6) is -1.03. The summed E-state index contributed by atoms with van der Waals surface area (Å²) in [6.07, 6.45) is 3.47. The second kappa shape index (κ2) is 18.9. The van der Waals surface area contributed by atoms with Crippen LogP contribution in [0.15, 0.2) is 121 Å². The van der Waals surface area contributed by atoms with Gasteiger partial charge in [0.1, 0.15) is 13.4 Å². The summed E-state index contributed by atoms with van der Waals surface area (Å²) in [4.78, 5) is 8.27. The number of hydrogen-bond acceptors (Lipinski definition) is 2. The maximum absolute atomic E-state index is 12.5. The third kappa shape index (κ3) is 8.27. The molecule has 10 rings (SSSR count). The van der Waals surface area contributed by atoms with Crippen LogP contribution in [0.3, 0.4) is 0 Å². The fourth-order valence-corrected chi connectivity index (χ4v) is 9.85. The molecule has 0 bridgehead atoms. The van der Waals surface area contributed by atoms with Crippen molar-refractivity contribution in [3.8, 4) is 34.0 Å². The van der Waals surface area contributed by atoms with Gasteiger partial charge in [-0.15, -0.1) is 11.4 Å². The minimum absolute atomic E-state index is 0. The summed E-state index contributed by atoms with van der Waals surface area (Å²) in [6.45, 7) is 8.42. The average Bonchev–Trinajstić information content (AvgIpc) is 3.83. The molecule has 0 atom stereocenters. The summed E-state index contributed by atoms with van der Waals surface area (Å²) < 4.78 is 3.58. The molecule has 0 saturated heterocycles.